The maximum Gasteiger partial charge on any atom is 0.233 e. The van der Waals surface area contributed by atoms with E-state index in [2.05, 4.69) is 26.1 Å². The van der Waals surface area contributed by atoms with E-state index in [0.717, 1.165) is 35.3 Å². The molecule has 2 bridgehead atoms. The molecule has 2 aliphatic carbocycles. The summed E-state index contributed by atoms with van der Waals surface area (Å²) in [5.41, 5.74) is 2.46. The van der Waals surface area contributed by atoms with Gasteiger partial charge in [-0.25, -0.2) is 9.97 Å². The molecule has 4 nitrogen and oxygen atoms in total. The molecule has 0 spiro atoms. The Bertz CT molecular complexity index is 896. The van der Waals surface area contributed by atoms with E-state index in [1.807, 2.05) is 45.0 Å². The summed E-state index contributed by atoms with van der Waals surface area (Å²) < 4.78 is 0. The van der Waals surface area contributed by atoms with Gasteiger partial charge in [0.1, 0.15) is 0 Å². The number of carbonyl (C=O) groups is 1. The van der Waals surface area contributed by atoms with Crippen LogP contribution in [0, 0.1) is 5.41 Å². The second-order valence-electron chi connectivity index (χ2n) is 9.48. The van der Waals surface area contributed by atoms with E-state index >= 15 is 0 Å². The van der Waals surface area contributed by atoms with Crippen molar-refractivity contribution in [1.29, 1.82) is 0 Å². The van der Waals surface area contributed by atoms with Gasteiger partial charge in [-0.2, -0.15) is 0 Å². The van der Waals surface area contributed by atoms with E-state index in [9.17, 15) is 4.79 Å². The van der Waals surface area contributed by atoms with Gasteiger partial charge in [0.15, 0.2) is 0 Å². The average molecular weight is 337 g/mol. The number of aromatic nitrogens is 2. The molecule has 1 heterocycles. The fraction of sp³-hybridized carbons (Fsp3) is 0.571. The van der Waals surface area contributed by atoms with Crippen LogP contribution in [0.5, 0.6) is 0 Å². The number of hydrogen-bond acceptors (Lipinski definition) is 3. The van der Waals surface area contributed by atoms with E-state index in [0.29, 0.717) is 0 Å². The predicted octanol–water partition coefficient (Wildman–Crippen LogP) is 3.87. The van der Waals surface area contributed by atoms with Gasteiger partial charge in [-0.15, -0.1) is 0 Å². The molecule has 2 aromatic rings. The molecular formula is C21H27N3O. The van der Waals surface area contributed by atoms with Gasteiger partial charge >= 0.3 is 0 Å². The third kappa shape index (κ3) is 1.85. The molecule has 2 aliphatic rings. The lowest BCUT2D eigenvalue weighted by atomic mass is 9.63. The molecule has 1 aromatic heterocycles. The van der Waals surface area contributed by atoms with Crippen LogP contribution in [-0.4, -0.2) is 21.4 Å². The topological polar surface area (TPSA) is 54.9 Å². The van der Waals surface area contributed by atoms with Gasteiger partial charge in [0.2, 0.25) is 5.91 Å². The van der Waals surface area contributed by atoms with Gasteiger partial charge in [0.25, 0.3) is 0 Å². The van der Waals surface area contributed by atoms with Gasteiger partial charge in [-0.05, 0) is 51.2 Å². The Morgan fingerprint density at radius 3 is 2.12 bits per heavy atom. The van der Waals surface area contributed by atoms with Gasteiger partial charge < -0.3 is 5.32 Å². The number of carbonyl (C=O) groups excluding carboxylic acids is 1. The van der Waals surface area contributed by atoms with Gasteiger partial charge in [-0.1, -0.05) is 32.9 Å². The van der Waals surface area contributed by atoms with Crippen LogP contribution in [0.3, 0.4) is 0 Å². The molecular weight excluding hydrogens is 310 g/mol. The number of nitrogens with zero attached hydrogens (tertiary/aromatic N) is 2. The van der Waals surface area contributed by atoms with Crippen LogP contribution >= 0.6 is 0 Å². The van der Waals surface area contributed by atoms with Crippen LogP contribution in [0.4, 0.5) is 0 Å². The van der Waals surface area contributed by atoms with Crippen LogP contribution in [0.25, 0.3) is 11.0 Å². The third-order valence-electron chi connectivity index (χ3n) is 6.82. The highest BCUT2D eigenvalue weighted by molar-refractivity contribution is 5.93. The van der Waals surface area contributed by atoms with Gasteiger partial charge in [0.05, 0.1) is 27.8 Å². The largest absolute Gasteiger partial charge is 0.351 e. The number of para-hydroxylation sites is 2. The van der Waals surface area contributed by atoms with E-state index < -0.39 is 5.41 Å². The Morgan fingerprint density at radius 1 is 1.00 bits per heavy atom. The van der Waals surface area contributed by atoms with Crippen molar-refractivity contribution < 1.29 is 4.79 Å². The minimum Gasteiger partial charge on any atom is -0.351 e. The van der Waals surface area contributed by atoms with Crippen molar-refractivity contribution in [2.45, 2.75) is 70.8 Å². The van der Waals surface area contributed by atoms with Gasteiger partial charge in [-0.3, -0.25) is 4.79 Å². The highest BCUT2D eigenvalue weighted by atomic mass is 16.2. The van der Waals surface area contributed by atoms with Crippen molar-refractivity contribution in [3.05, 3.63) is 35.7 Å². The van der Waals surface area contributed by atoms with Crippen molar-refractivity contribution in [2.75, 3.05) is 0 Å². The first-order chi connectivity index (χ1) is 11.5. The lowest BCUT2D eigenvalue weighted by Gasteiger charge is -2.40. The minimum absolute atomic E-state index is 0.0945. The summed E-state index contributed by atoms with van der Waals surface area (Å²) in [6.45, 7) is 12.8. The van der Waals surface area contributed by atoms with Crippen molar-refractivity contribution in [3.8, 4) is 0 Å². The zero-order chi connectivity index (χ0) is 18.3. The molecule has 0 unspecified atom stereocenters. The average Bonchev–Trinajstić information content (AvgIpc) is 2.80. The summed E-state index contributed by atoms with van der Waals surface area (Å²) in [6, 6.07) is 7.96. The molecule has 1 amide bonds. The van der Waals surface area contributed by atoms with Crippen LogP contribution in [0.2, 0.25) is 0 Å². The Labute approximate surface area is 149 Å². The number of amides is 1. The molecule has 1 saturated carbocycles. The molecule has 2 atom stereocenters. The fourth-order valence-corrected chi connectivity index (χ4v) is 5.00. The van der Waals surface area contributed by atoms with Crippen molar-refractivity contribution in [3.63, 3.8) is 0 Å². The molecule has 4 rings (SSSR count). The van der Waals surface area contributed by atoms with Crippen molar-refractivity contribution >= 4 is 16.9 Å². The SMILES string of the molecule is CC(C)(C)NC(=O)[C@@]12CC[C@@](C)(c3nc4ccccc4nc31)C2(C)C. The van der Waals surface area contributed by atoms with Gasteiger partial charge in [0, 0.05) is 11.0 Å². The molecule has 1 aromatic carbocycles. The molecule has 0 aliphatic heterocycles. The molecule has 1 N–H and O–H groups in total. The van der Waals surface area contributed by atoms with Crippen molar-refractivity contribution in [1.82, 2.24) is 15.3 Å². The lowest BCUT2D eigenvalue weighted by Crippen LogP contribution is -2.55. The zero-order valence-electron chi connectivity index (χ0n) is 16.0. The van der Waals surface area contributed by atoms with Crippen LogP contribution in [0.1, 0.15) is 65.8 Å². The maximum absolute atomic E-state index is 13.5. The molecule has 4 heteroatoms. The first-order valence-corrected chi connectivity index (χ1v) is 9.13. The number of benzene rings is 1. The zero-order valence-corrected chi connectivity index (χ0v) is 16.0. The quantitative estimate of drug-likeness (QED) is 0.859. The number of nitrogens with one attached hydrogen (secondary N) is 1. The van der Waals surface area contributed by atoms with E-state index in [4.69, 9.17) is 9.97 Å². The number of hydrogen-bond donors (Lipinski definition) is 1. The lowest BCUT2D eigenvalue weighted by molar-refractivity contribution is -0.132. The fourth-order valence-electron chi connectivity index (χ4n) is 5.00. The standard InChI is InChI=1S/C21H27N3O/c1-18(2,3)24-17(25)21-12-11-20(6,19(21,4)5)15-16(21)23-14-10-8-7-9-13(14)22-15/h7-10H,11-12H2,1-6H3,(H,24,25)/t20-,21+/m0/s1. The smallest absolute Gasteiger partial charge is 0.233 e. The minimum atomic E-state index is -0.610. The Kier molecular flexibility index (Phi) is 3.03. The highest BCUT2D eigenvalue weighted by Gasteiger charge is 2.73. The van der Waals surface area contributed by atoms with E-state index in [1.54, 1.807) is 0 Å². The summed E-state index contributed by atoms with van der Waals surface area (Å²) in [7, 11) is 0. The van der Waals surface area contributed by atoms with Crippen LogP contribution in [-0.2, 0) is 15.6 Å². The van der Waals surface area contributed by atoms with Crippen LogP contribution in [0.15, 0.2) is 24.3 Å². The monoisotopic (exact) mass is 337 g/mol. The Hall–Kier alpha value is -1.97. The summed E-state index contributed by atoms with van der Waals surface area (Å²) in [5.74, 6) is 0.0945. The normalized spacial score (nSPS) is 29.7. The Balaban J connectivity index is 2.00. The third-order valence-corrected chi connectivity index (χ3v) is 6.82. The maximum atomic E-state index is 13.5. The second-order valence-corrected chi connectivity index (χ2v) is 9.48. The number of rotatable bonds is 1. The van der Waals surface area contributed by atoms with Crippen molar-refractivity contribution in [2.24, 2.45) is 5.41 Å². The molecule has 0 radical (unpaired) electrons. The molecule has 25 heavy (non-hydrogen) atoms. The van der Waals surface area contributed by atoms with Crippen LogP contribution < -0.4 is 5.32 Å². The van der Waals surface area contributed by atoms with E-state index in [1.165, 1.54) is 0 Å². The predicted molar refractivity (Wildman–Crippen MR) is 99.5 cm³/mol. The number of fused-ring (bicyclic) bond motifs is 6. The van der Waals surface area contributed by atoms with E-state index in [-0.39, 0.29) is 22.3 Å². The second kappa shape index (κ2) is 4.60. The summed E-state index contributed by atoms with van der Waals surface area (Å²) >= 11 is 0. The highest BCUT2D eigenvalue weighted by Crippen LogP contribution is 2.70. The summed E-state index contributed by atoms with van der Waals surface area (Å²) in [4.78, 5) is 23.5. The molecule has 132 valence electrons. The Morgan fingerprint density at radius 2 is 1.56 bits per heavy atom. The molecule has 0 saturated heterocycles. The first-order valence-electron chi connectivity index (χ1n) is 9.13. The molecule has 1 fully saturated rings. The first kappa shape index (κ1) is 16.5. The summed E-state index contributed by atoms with van der Waals surface area (Å²) in [6.07, 6.45) is 1.80. The summed E-state index contributed by atoms with van der Waals surface area (Å²) in [5, 5.41) is 3.23.